The fourth-order valence-electron chi connectivity index (χ4n) is 2.70. The van der Waals surface area contributed by atoms with E-state index in [1.165, 1.54) is 11.1 Å². The number of Topliss-reactive ketones (excluding diaryl/α,β-unsaturated/α-hetero) is 2. The molecule has 1 aliphatic carbocycles. The average Bonchev–Trinajstić information content (AvgIpc) is 2.78. The van der Waals surface area contributed by atoms with Gasteiger partial charge in [-0.3, -0.25) is 14.4 Å². The Kier molecular flexibility index (Phi) is 5.85. The van der Waals surface area contributed by atoms with Crippen molar-refractivity contribution in [2.75, 3.05) is 0 Å². The van der Waals surface area contributed by atoms with Crippen LogP contribution in [-0.2, 0) is 16.0 Å². The lowest BCUT2D eigenvalue weighted by Crippen LogP contribution is -2.25. The molecule has 0 spiro atoms. The number of hydrogen-bond acceptors (Lipinski definition) is 4. The molecule has 0 saturated heterocycles. The van der Waals surface area contributed by atoms with Gasteiger partial charge in [-0.25, -0.2) is 0 Å². The van der Waals surface area contributed by atoms with Gasteiger partial charge in [-0.05, 0) is 51.7 Å². The fourth-order valence-corrected chi connectivity index (χ4v) is 2.70. The Hall–Kier alpha value is -2.49. The first-order chi connectivity index (χ1) is 11.4. The van der Waals surface area contributed by atoms with Crippen LogP contribution in [0, 0.1) is 0 Å². The summed E-state index contributed by atoms with van der Waals surface area (Å²) < 4.78 is 4.61. The summed E-state index contributed by atoms with van der Waals surface area (Å²) in [6.45, 7) is 6.41. The second-order valence-electron chi connectivity index (χ2n) is 6.30. The van der Waals surface area contributed by atoms with Gasteiger partial charge in [0.15, 0.2) is 0 Å². The second-order valence-corrected chi connectivity index (χ2v) is 6.30. The predicted molar refractivity (Wildman–Crippen MR) is 92.2 cm³/mol. The number of ketones is 2. The Morgan fingerprint density at radius 3 is 2.46 bits per heavy atom. The summed E-state index contributed by atoms with van der Waals surface area (Å²) >= 11 is 0. The van der Waals surface area contributed by atoms with Crippen LogP contribution in [0.1, 0.15) is 59.9 Å². The van der Waals surface area contributed by atoms with Crippen LogP contribution < -0.4 is 0 Å². The van der Waals surface area contributed by atoms with E-state index in [4.69, 9.17) is 0 Å². The van der Waals surface area contributed by atoms with Gasteiger partial charge in [0.1, 0.15) is 0 Å². The van der Waals surface area contributed by atoms with Crippen LogP contribution >= 0.6 is 0 Å². The number of ether oxygens (including phenoxy) is 1. The third kappa shape index (κ3) is 4.07. The Morgan fingerprint density at radius 2 is 1.79 bits per heavy atom. The molecular formula is C20H22O4. The van der Waals surface area contributed by atoms with Crippen molar-refractivity contribution in [3.8, 4) is 0 Å². The topological polar surface area (TPSA) is 60.4 Å². The number of fused-ring (bicyclic) bond motifs is 1. The maximum Gasteiger partial charge on any atom is 0.294 e. The van der Waals surface area contributed by atoms with Gasteiger partial charge in [0.2, 0.25) is 17.7 Å². The molecule has 0 saturated carbocycles. The van der Waals surface area contributed by atoms with Crippen molar-refractivity contribution in [2.45, 2.75) is 46.1 Å². The SMILES string of the molecule is CC(C)=CCC/C(C)=C/Cc1ccc2c(c1)C(=O)C(OC=O)C2=O. The van der Waals surface area contributed by atoms with E-state index >= 15 is 0 Å². The Balaban J connectivity index is 2.08. The van der Waals surface area contributed by atoms with Crippen molar-refractivity contribution < 1.29 is 19.1 Å². The lowest BCUT2D eigenvalue weighted by Gasteiger charge is -2.03. The maximum atomic E-state index is 12.2. The van der Waals surface area contributed by atoms with Crippen molar-refractivity contribution in [3.05, 3.63) is 58.2 Å². The van der Waals surface area contributed by atoms with Gasteiger partial charge in [0.05, 0.1) is 0 Å². The van der Waals surface area contributed by atoms with E-state index in [1.807, 2.05) is 6.07 Å². The van der Waals surface area contributed by atoms with Crippen molar-refractivity contribution in [2.24, 2.45) is 0 Å². The minimum absolute atomic E-state index is 0.145. The van der Waals surface area contributed by atoms with E-state index < -0.39 is 17.7 Å². The molecule has 0 heterocycles. The summed E-state index contributed by atoms with van der Waals surface area (Å²) in [6.07, 6.45) is 5.77. The number of allylic oxidation sites excluding steroid dienone is 4. The largest absolute Gasteiger partial charge is 0.448 e. The van der Waals surface area contributed by atoms with Crippen LogP contribution in [0.15, 0.2) is 41.5 Å². The van der Waals surface area contributed by atoms with Gasteiger partial charge in [0.25, 0.3) is 6.47 Å². The third-order valence-electron chi connectivity index (χ3n) is 4.06. The van der Waals surface area contributed by atoms with Gasteiger partial charge < -0.3 is 4.74 Å². The minimum Gasteiger partial charge on any atom is -0.448 e. The third-order valence-corrected chi connectivity index (χ3v) is 4.06. The first kappa shape index (κ1) is 17.9. The molecule has 0 aliphatic heterocycles. The van der Waals surface area contributed by atoms with Crippen LogP contribution in [-0.4, -0.2) is 24.1 Å². The number of hydrogen-bond donors (Lipinski definition) is 0. The zero-order chi connectivity index (χ0) is 17.7. The Morgan fingerprint density at radius 1 is 1.08 bits per heavy atom. The van der Waals surface area contributed by atoms with Gasteiger partial charge in [-0.1, -0.05) is 35.4 Å². The van der Waals surface area contributed by atoms with Crippen LogP contribution in [0.3, 0.4) is 0 Å². The number of carbonyl (C=O) groups excluding carboxylic acids is 3. The van der Waals surface area contributed by atoms with E-state index in [2.05, 4.69) is 37.7 Å². The summed E-state index contributed by atoms with van der Waals surface area (Å²) in [7, 11) is 0. The van der Waals surface area contributed by atoms with Crippen LogP contribution in [0.4, 0.5) is 0 Å². The molecule has 0 radical (unpaired) electrons. The molecule has 1 aromatic carbocycles. The molecule has 0 aromatic heterocycles. The molecule has 2 rings (SSSR count). The summed E-state index contributed by atoms with van der Waals surface area (Å²) in [5, 5.41) is 0. The van der Waals surface area contributed by atoms with Crippen LogP contribution in [0.25, 0.3) is 0 Å². The lowest BCUT2D eigenvalue weighted by atomic mass is 10.0. The zero-order valence-corrected chi connectivity index (χ0v) is 14.3. The van der Waals surface area contributed by atoms with E-state index in [9.17, 15) is 14.4 Å². The minimum atomic E-state index is -1.31. The molecule has 1 atom stereocenters. The van der Waals surface area contributed by atoms with Gasteiger partial charge >= 0.3 is 0 Å². The normalized spacial score (nSPS) is 16.8. The molecule has 24 heavy (non-hydrogen) atoms. The molecule has 0 bridgehead atoms. The highest BCUT2D eigenvalue weighted by Crippen LogP contribution is 2.25. The van der Waals surface area contributed by atoms with Crippen molar-refractivity contribution >= 4 is 18.0 Å². The predicted octanol–water partition coefficient (Wildman–Crippen LogP) is 3.84. The monoisotopic (exact) mass is 326 g/mol. The molecular weight excluding hydrogens is 304 g/mol. The molecule has 0 amide bonds. The highest BCUT2D eigenvalue weighted by molar-refractivity contribution is 6.29. The smallest absolute Gasteiger partial charge is 0.294 e. The summed E-state index contributed by atoms with van der Waals surface area (Å²) in [4.78, 5) is 34.6. The van der Waals surface area contributed by atoms with E-state index in [0.717, 1.165) is 18.4 Å². The summed E-state index contributed by atoms with van der Waals surface area (Å²) in [6, 6.07) is 5.21. The molecule has 4 heteroatoms. The quantitative estimate of drug-likeness (QED) is 0.434. The van der Waals surface area contributed by atoms with E-state index in [1.54, 1.807) is 12.1 Å². The molecule has 4 nitrogen and oxygen atoms in total. The fraction of sp³-hybridized carbons (Fsp3) is 0.350. The molecule has 126 valence electrons. The summed E-state index contributed by atoms with van der Waals surface area (Å²) in [5.74, 6) is -0.879. The maximum absolute atomic E-state index is 12.2. The second kappa shape index (κ2) is 7.86. The Labute approximate surface area is 142 Å². The number of benzene rings is 1. The van der Waals surface area contributed by atoms with Crippen LogP contribution in [0.2, 0.25) is 0 Å². The molecule has 1 unspecified atom stereocenters. The number of carbonyl (C=O) groups is 3. The Bertz CT molecular complexity index is 721. The molecule has 0 N–H and O–H groups in total. The highest BCUT2D eigenvalue weighted by Gasteiger charge is 2.40. The number of rotatable bonds is 7. The van der Waals surface area contributed by atoms with Crippen molar-refractivity contribution in [3.63, 3.8) is 0 Å². The lowest BCUT2D eigenvalue weighted by molar-refractivity contribution is -0.130. The molecule has 0 fully saturated rings. The van der Waals surface area contributed by atoms with Gasteiger partial charge in [-0.15, -0.1) is 0 Å². The molecule has 1 aliphatic rings. The first-order valence-corrected chi connectivity index (χ1v) is 8.03. The van der Waals surface area contributed by atoms with Gasteiger partial charge in [0, 0.05) is 11.1 Å². The standard InChI is InChI=1S/C20H22O4/c1-13(2)5-4-6-14(3)7-8-15-9-10-16-17(11-15)19(23)20(18(16)22)24-12-21/h5,7,9-12,20H,4,6,8H2,1-3H3/b14-7+. The average molecular weight is 326 g/mol. The van der Waals surface area contributed by atoms with Crippen molar-refractivity contribution in [1.82, 2.24) is 0 Å². The van der Waals surface area contributed by atoms with E-state index in [-0.39, 0.29) is 6.47 Å². The van der Waals surface area contributed by atoms with E-state index in [0.29, 0.717) is 17.5 Å². The van der Waals surface area contributed by atoms with Crippen molar-refractivity contribution in [1.29, 1.82) is 0 Å². The molecule has 1 aromatic rings. The van der Waals surface area contributed by atoms with Gasteiger partial charge in [-0.2, -0.15) is 0 Å². The highest BCUT2D eigenvalue weighted by atomic mass is 16.5. The first-order valence-electron chi connectivity index (χ1n) is 8.03. The van der Waals surface area contributed by atoms with Crippen LogP contribution in [0.5, 0.6) is 0 Å². The zero-order valence-electron chi connectivity index (χ0n) is 14.3. The summed E-state index contributed by atoms with van der Waals surface area (Å²) in [5.41, 5.74) is 4.25.